The normalized spacial score (nSPS) is 14.4. The lowest BCUT2D eigenvalue weighted by Gasteiger charge is -2.25. The first-order valence-electron chi connectivity index (χ1n) is 8.32. The van der Waals surface area contributed by atoms with Crippen molar-refractivity contribution in [3.8, 4) is 0 Å². The van der Waals surface area contributed by atoms with Crippen LogP contribution in [-0.4, -0.2) is 15.4 Å². The number of nitrogens with one attached hydrogen (secondary N) is 1. The summed E-state index contributed by atoms with van der Waals surface area (Å²) in [4.78, 5) is 13.3. The van der Waals surface area contributed by atoms with Gasteiger partial charge in [-0.15, -0.1) is 0 Å². The van der Waals surface area contributed by atoms with Gasteiger partial charge in [0.15, 0.2) is 5.69 Å². The Bertz CT molecular complexity index is 1040. The zero-order valence-corrected chi connectivity index (χ0v) is 16.0. The van der Waals surface area contributed by atoms with Gasteiger partial charge in [0.25, 0.3) is 0 Å². The van der Waals surface area contributed by atoms with Gasteiger partial charge in [0, 0.05) is 17.6 Å². The lowest BCUT2D eigenvalue weighted by molar-refractivity contribution is -0.783. The van der Waals surface area contributed by atoms with Crippen molar-refractivity contribution in [3.05, 3.63) is 84.7 Å². The van der Waals surface area contributed by atoms with Gasteiger partial charge in [-0.1, -0.05) is 48.2 Å². The number of benzene rings is 2. The van der Waals surface area contributed by atoms with E-state index in [1.165, 1.54) is 25.8 Å². The fourth-order valence-corrected chi connectivity index (χ4v) is 4.42. The Hall–Kier alpha value is -2.44. The maximum atomic E-state index is 4.86. The molecule has 2 aromatic heterocycles. The van der Waals surface area contributed by atoms with E-state index in [0.717, 1.165) is 23.6 Å². The molecule has 2 aromatic carbocycles. The van der Waals surface area contributed by atoms with Crippen molar-refractivity contribution in [2.24, 2.45) is 0 Å². The van der Waals surface area contributed by atoms with Crippen molar-refractivity contribution >= 4 is 34.2 Å². The number of aromatic nitrogens is 2. The molecule has 0 saturated heterocycles. The molecule has 0 saturated carbocycles. The van der Waals surface area contributed by atoms with Crippen molar-refractivity contribution in [3.63, 3.8) is 0 Å². The summed E-state index contributed by atoms with van der Waals surface area (Å²) in [5, 5.41) is 1.18. The van der Waals surface area contributed by atoms with Crippen molar-refractivity contribution in [1.82, 2.24) is 9.97 Å². The molecule has 3 N–H and O–H groups in total. The second kappa shape index (κ2) is 8.06. The average Bonchev–Trinajstić information content (AvgIpc) is 2.68. The number of fused-ring (bicyclic) bond motifs is 3. The summed E-state index contributed by atoms with van der Waals surface area (Å²) in [6.07, 6.45) is 1.88. The summed E-state index contributed by atoms with van der Waals surface area (Å²) < 4.78 is 0. The van der Waals surface area contributed by atoms with Gasteiger partial charge >= 0.3 is 0 Å². The highest BCUT2D eigenvalue weighted by atomic mass is 35.5. The van der Waals surface area contributed by atoms with Gasteiger partial charge in [0.05, 0.1) is 21.0 Å². The van der Waals surface area contributed by atoms with Gasteiger partial charge in [-0.05, 0) is 30.3 Å². The third kappa shape index (κ3) is 3.55. The molecule has 6 heteroatoms. The molecule has 1 atom stereocenters. The van der Waals surface area contributed by atoms with Crippen LogP contribution < -0.4 is 17.3 Å². The Morgan fingerprint density at radius 1 is 0.815 bits per heavy atom. The van der Waals surface area contributed by atoms with Crippen LogP contribution in [0, 0.1) is 0 Å². The lowest BCUT2D eigenvalue weighted by atomic mass is 10.2. The van der Waals surface area contributed by atoms with E-state index in [0.29, 0.717) is 0 Å². The molecule has 0 bridgehead atoms. The molecule has 1 aliphatic rings. The highest BCUT2D eigenvalue weighted by Gasteiger charge is 2.30. The van der Waals surface area contributed by atoms with Crippen LogP contribution in [-0.2, 0) is 6.54 Å². The largest absolute Gasteiger partial charge is 1.00 e. The minimum Gasteiger partial charge on any atom is -1.00 e. The first-order valence-corrected chi connectivity index (χ1v) is 9.13. The third-order valence-corrected chi connectivity index (χ3v) is 5.63. The maximum absolute atomic E-state index is 4.86. The zero-order valence-electron chi connectivity index (χ0n) is 14.4. The molecule has 1 unspecified atom stereocenters. The van der Waals surface area contributed by atoms with E-state index in [1.54, 1.807) is 11.8 Å². The molecule has 0 spiro atoms. The van der Waals surface area contributed by atoms with E-state index in [1.807, 2.05) is 24.4 Å². The summed E-state index contributed by atoms with van der Waals surface area (Å²) in [7, 11) is 0. The molecule has 0 radical (unpaired) electrons. The van der Waals surface area contributed by atoms with Crippen molar-refractivity contribution in [2.75, 3.05) is 0 Å². The molecule has 3 heterocycles. The Balaban J connectivity index is 0.00000105. The molecule has 1 aliphatic heterocycles. The lowest BCUT2D eigenvalue weighted by Crippen LogP contribution is -3.01. The van der Waals surface area contributed by atoms with Gasteiger partial charge in [0.1, 0.15) is 6.54 Å². The Morgan fingerprint density at radius 2 is 1.59 bits per heavy atom. The van der Waals surface area contributed by atoms with Gasteiger partial charge in [0.2, 0.25) is 5.82 Å². The fourth-order valence-electron chi connectivity index (χ4n) is 3.32. The predicted octanol–water partition coefficient (Wildman–Crippen LogP) is 0.322. The summed E-state index contributed by atoms with van der Waals surface area (Å²) >= 11 is 1.80. The van der Waals surface area contributed by atoms with Crippen molar-refractivity contribution in [2.45, 2.75) is 16.3 Å². The summed E-state index contributed by atoms with van der Waals surface area (Å²) in [5.41, 5.74) is 3.39. The van der Waals surface area contributed by atoms with E-state index >= 15 is 0 Å². The molecule has 5 rings (SSSR count). The summed E-state index contributed by atoms with van der Waals surface area (Å²) in [6.45, 7) is 0.784. The van der Waals surface area contributed by atoms with Crippen LogP contribution in [0.2, 0.25) is 0 Å². The second-order valence-corrected chi connectivity index (χ2v) is 7.18. The van der Waals surface area contributed by atoms with E-state index in [2.05, 4.69) is 59.6 Å². The maximum Gasteiger partial charge on any atom is 0.245 e. The Kier molecular flexibility index (Phi) is 5.77. The van der Waals surface area contributed by atoms with E-state index in [9.17, 15) is 0 Å². The van der Waals surface area contributed by atoms with Gasteiger partial charge in [-0.3, -0.25) is 0 Å². The predicted molar refractivity (Wildman–Crippen MR) is 104 cm³/mol. The highest BCUT2D eigenvalue weighted by molar-refractivity contribution is 7.99. The van der Waals surface area contributed by atoms with Crippen LogP contribution in [0.25, 0.3) is 10.9 Å². The van der Waals surface area contributed by atoms with Crippen LogP contribution in [0.4, 0.5) is 11.5 Å². The molecular weight excluding hydrogens is 378 g/mol. The molecule has 4 nitrogen and oxygen atoms in total. The second-order valence-electron chi connectivity index (χ2n) is 6.10. The monoisotopic (exact) mass is 395 g/mol. The molecule has 27 heavy (non-hydrogen) atoms. The highest BCUT2D eigenvalue weighted by Crippen LogP contribution is 2.38. The topological polar surface area (TPSA) is 61.7 Å². The summed E-state index contributed by atoms with van der Waals surface area (Å²) in [6, 6.07) is 25.3. The minimum absolute atomic E-state index is 0. The first kappa shape index (κ1) is 19.3. The molecule has 0 fully saturated rings. The summed E-state index contributed by atoms with van der Waals surface area (Å²) in [5.74, 6) is 1.08. The van der Waals surface area contributed by atoms with E-state index < -0.39 is 0 Å². The quantitative estimate of drug-likeness (QED) is 0.532. The van der Waals surface area contributed by atoms with Crippen LogP contribution in [0.3, 0.4) is 0 Å². The minimum atomic E-state index is 0. The van der Waals surface area contributed by atoms with Crippen LogP contribution in [0.1, 0.15) is 5.69 Å². The number of pyridine rings is 2. The van der Waals surface area contributed by atoms with Crippen LogP contribution in [0.5, 0.6) is 0 Å². The smallest absolute Gasteiger partial charge is 0.245 e. The van der Waals surface area contributed by atoms with Crippen molar-refractivity contribution in [1.29, 1.82) is 0 Å². The van der Waals surface area contributed by atoms with E-state index in [4.69, 9.17) is 4.98 Å². The number of hydrogen-bond acceptors (Lipinski definition) is 3. The Morgan fingerprint density at radius 3 is 2.52 bits per heavy atom. The number of hydrogen-bond donors (Lipinski definition) is 1. The van der Waals surface area contributed by atoms with Crippen molar-refractivity contribution < 1.29 is 22.8 Å². The number of nitrogens with zero attached hydrogens (tertiary/aromatic N) is 2. The standard InChI is InChI=1S/C21H15N3S.ClH.H2O/c1-2-7-17-15(6-1)11-12-16(23-17)14-24-18-8-3-4-9-19(18)25-20-10-5-13-22-21(20)24;;/h1-13H,14H2;1H;1H2. The van der Waals surface area contributed by atoms with Crippen LogP contribution in [0.15, 0.2) is 88.8 Å². The number of para-hydroxylation sites is 2. The zero-order chi connectivity index (χ0) is 16.6. The van der Waals surface area contributed by atoms with Crippen LogP contribution >= 0.6 is 11.8 Å². The Labute approximate surface area is 168 Å². The number of quaternary nitrogens is 1. The van der Waals surface area contributed by atoms with Gasteiger partial charge in [-0.2, -0.15) is 0 Å². The SMILES string of the molecule is O.[Cl-].c1ccc2c(c1)Sc1cccnc1[NH+]2Cc1ccc2ccccc2n1. The average molecular weight is 396 g/mol. The van der Waals surface area contributed by atoms with Gasteiger partial charge < -0.3 is 17.9 Å². The number of rotatable bonds is 2. The fraction of sp³-hybridized carbons (Fsp3) is 0.0476. The number of halogens is 1. The molecule has 4 aromatic rings. The molecule has 0 amide bonds. The van der Waals surface area contributed by atoms with E-state index in [-0.39, 0.29) is 17.9 Å². The molecular formula is C21H18ClN3OS. The first-order chi connectivity index (χ1) is 12.4. The molecule has 0 aliphatic carbocycles. The molecule has 136 valence electrons. The third-order valence-electron chi connectivity index (χ3n) is 4.50. The van der Waals surface area contributed by atoms with Gasteiger partial charge in [-0.25, -0.2) is 14.9 Å².